The van der Waals surface area contributed by atoms with E-state index in [2.05, 4.69) is 20.2 Å². The molecule has 0 amide bonds. The minimum atomic E-state index is 0. The van der Waals surface area contributed by atoms with Crippen molar-refractivity contribution < 1.29 is 45.0 Å². The molecule has 0 aromatic carbocycles. The first kappa shape index (κ1) is 15.7. The summed E-state index contributed by atoms with van der Waals surface area (Å²) in [7, 11) is 0. The van der Waals surface area contributed by atoms with E-state index >= 15 is 0 Å². The second-order valence-corrected chi connectivity index (χ2v) is 0.709. The van der Waals surface area contributed by atoms with Gasteiger partial charge in [-0.05, 0) is 0 Å². The number of hydrogen-bond acceptors (Lipinski definition) is 1. The van der Waals surface area contributed by atoms with Crippen LogP contribution in [-0.2, 0) is 20.2 Å². The zero-order valence-corrected chi connectivity index (χ0v) is 5.84. The molecule has 41 valence electrons. The average Bonchev–Trinajstić information content (AvgIpc) is 1.37. The van der Waals surface area contributed by atoms with Crippen LogP contribution in [0.4, 0.5) is 0 Å². The summed E-state index contributed by atoms with van der Waals surface area (Å²) in [6, 6.07) is 0. The third-order valence-electron chi connectivity index (χ3n) is 0.102. The molecular formula is C2H5Cl2FeO. The summed E-state index contributed by atoms with van der Waals surface area (Å²) in [4.78, 5) is 0. The molecule has 0 heterocycles. The Balaban J connectivity index is -0.0000000450. The van der Waals surface area contributed by atoms with Crippen molar-refractivity contribution in [3.63, 3.8) is 0 Å². The molecule has 0 rings (SSSR count). The SMILES string of the molecule is CC[O][Fe+2].[Cl-].[Cl-]. The predicted octanol–water partition coefficient (Wildman–Crippen LogP) is -5.51. The minimum Gasteiger partial charge on any atom is -1.00 e. The molecule has 0 aliphatic heterocycles. The second kappa shape index (κ2) is 16.6. The second-order valence-electron chi connectivity index (χ2n) is 0.391. The third kappa shape index (κ3) is 19.7. The van der Waals surface area contributed by atoms with Gasteiger partial charge < -0.3 is 24.8 Å². The van der Waals surface area contributed by atoms with Gasteiger partial charge in [0, 0.05) is 0 Å². The molecule has 0 spiro atoms. The number of hydrogen-bond donors (Lipinski definition) is 0. The molecule has 1 nitrogen and oxygen atoms in total. The van der Waals surface area contributed by atoms with Crippen molar-refractivity contribution in [3.8, 4) is 0 Å². The van der Waals surface area contributed by atoms with E-state index < -0.39 is 0 Å². The van der Waals surface area contributed by atoms with Gasteiger partial charge in [-0.15, -0.1) is 0 Å². The van der Waals surface area contributed by atoms with Gasteiger partial charge in [0.25, 0.3) is 0 Å². The standard InChI is InChI=1S/C2H5O.2ClH.Fe/c1-2-3;;;/h2H2,1H3;2*1H;/q-1;;;+3/p-2. The Morgan fingerprint density at radius 1 is 1.50 bits per heavy atom. The fourth-order valence-corrected chi connectivity index (χ4v) is 0. The molecule has 0 saturated carbocycles. The van der Waals surface area contributed by atoms with E-state index in [1.165, 1.54) is 0 Å². The molecule has 0 bridgehead atoms. The molecule has 0 unspecified atom stereocenters. The van der Waals surface area contributed by atoms with Crippen molar-refractivity contribution in [1.82, 2.24) is 0 Å². The summed E-state index contributed by atoms with van der Waals surface area (Å²) in [5, 5.41) is 0. The minimum absolute atomic E-state index is 0. The van der Waals surface area contributed by atoms with E-state index in [1.54, 1.807) is 0 Å². The largest absolute Gasteiger partial charge is 1.00 e. The van der Waals surface area contributed by atoms with E-state index in [9.17, 15) is 0 Å². The molecule has 0 aromatic heterocycles. The van der Waals surface area contributed by atoms with Gasteiger partial charge in [-0.1, -0.05) is 0 Å². The van der Waals surface area contributed by atoms with E-state index in [0.29, 0.717) is 6.61 Å². The maximum atomic E-state index is 4.29. The Morgan fingerprint density at radius 3 is 1.67 bits per heavy atom. The van der Waals surface area contributed by atoms with E-state index in [0.717, 1.165) is 0 Å². The van der Waals surface area contributed by atoms with Crippen molar-refractivity contribution in [2.45, 2.75) is 6.92 Å². The van der Waals surface area contributed by atoms with Crippen LogP contribution in [0.15, 0.2) is 0 Å². The topological polar surface area (TPSA) is 9.23 Å². The molecular weight excluding hydrogens is 167 g/mol. The summed E-state index contributed by atoms with van der Waals surface area (Å²) < 4.78 is 4.29. The van der Waals surface area contributed by atoms with Gasteiger partial charge in [-0.3, -0.25) is 0 Å². The van der Waals surface area contributed by atoms with E-state index in [4.69, 9.17) is 0 Å². The molecule has 0 atom stereocenters. The fourth-order valence-electron chi connectivity index (χ4n) is 0. The summed E-state index contributed by atoms with van der Waals surface area (Å²) in [5.41, 5.74) is 0. The molecule has 6 heavy (non-hydrogen) atoms. The summed E-state index contributed by atoms with van der Waals surface area (Å²) in [6.07, 6.45) is 0. The molecule has 0 aliphatic carbocycles. The molecule has 0 fully saturated rings. The van der Waals surface area contributed by atoms with Gasteiger partial charge in [-0.2, -0.15) is 0 Å². The van der Waals surface area contributed by atoms with Crippen LogP contribution < -0.4 is 24.8 Å². The van der Waals surface area contributed by atoms with Gasteiger partial charge >= 0.3 is 33.7 Å². The van der Waals surface area contributed by atoms with Crippen LogP contribution in [0.2, 0.25) is 0 Å². The van der Waals surface area contributed by atoms with Gasteiger partial charge in [0.15, 0.2) is 0 Å². The molecule has 0 N–H and O–H groups in total. The number of halogens is 2. The first-order valence-corrected chi connectivity index (χ1v) is 1.59. The Labute approximate surface area is 58.8 Å². The summed E-state index contributed by atoms with van der Waals surface area (Å²) in [5.74, 6) is 0. The molecule has 4 heteroatoms. The first-order valence-electron chi connectivity index (χ1n) is 1.14. The van der Waals surface area contributed by atoms with Gasteiger partial charge in [0.05, 0.1) is 0 Å². The molecule has 0 radical (unpaired) electrons. The quantitative estimate of drug-likeness (QED) is 0.358. The monoisotopic (exact) mass is 171 g/mol. The average molecular weight is 172 g/mol. The summed E-state index contributed by atoms with van der Waals surface area (Å²) in [6.45, 7) is 2.60. The van der Waals surface area contributed by atoms with E-state index in [-0.39, 0.29) is 24.8 Å². The smallest absolute Gasteiger partial charge is 1.00 e. The van der Waals surface area contributed by atoms with Crippen LogP contribution in [0.3, 0.4) is 0 Å². The predicted molar refractivity (Wildman–Crippen MR) is 11.6 cm³/mol. The molecule has 0 aromatic rings. The Hall–Kier alpha value is 1.06. The number of rotatable bonds is 1. The third-order valence-corrected chi connectivity index (χ3v) is 0.421. The zero-order valence-electron chi connectivity index (χ0n) is 3.22. The first-order chi connectivity index (χ1) is 1.91. The Morgan fingerprint density at radius 2 is 1.67 bits per heavy atom. The van der Waals surface area contributed by atoms with Gasteiger partial charge in [0.2, 0.25) is 0 Å². The van der Waals surface area contributed by atoms with Gasteiger partial charge in [0.1, 0.15) is 0 Å². The van der Waals surface area contributed by atoms with Crippen molar-refractivity contribution >= 4 is 0 Å². The van der Waals surface area contributed by atoms with Crippen LogP contribution in [0.1, 0.15) is 6.92 Å². The maximum Gasteiger partial charge on any atom is -1.00 e. The van der Waals surface area contributed by atoms with Crippen molar-refractivity contribution in [1.29, 1.82) is 0 Å². The van der Waals surface area contributed by atoms with Crippen LogP contribution in [0, 0.1) is 0 Å². The fraction of sp³-hybridized carbons (Fsp3) is 1.00. The van der Waals surface area contributed by atoms with Crippen molar-refractivity contribution in [2.75, 3.05) is 6.61 Å². The Kier molecular flexibility index (Phi) is 43.4. The van der Waals surface area contributed by atoms with Crippen LogP contribution in [-0.4, -0.2) is 6.61 Å². The van der Waals surface area contributed by atoms with E-state index in [1.807, 2.05) is 6.92 Å². The zero-order chi connectivity index (χ0) is 3.41. The summed E-state index contributed by atoms with van der Waals surface area (Å²) >= 11 is 3.10. The van der Waals surface area contributed by atoms with Crippen molar-refractivity contribution in [2.24, 2.45) is 0 Å². The molecule has 0 saturated heterocycles. The van der Waals surface area contributed by atoms with Crippen LogP contribution >= 0.6 is 0 Å². The van der Waals surface area contributed by atoms with Gasteiger partial charge in [-0.25, -0.2) is 0 Å². The Bertz CT molecular complexity index is 13.5. The molecule has 0 aliphatic rings. The normalized spacial score (nSPS) is 4.83. The maximum absolute atomic E-state index is 4.29. The van der Waals surface area contributed by atoms with Crippen LogP contribution in [0.5, 0.6) is 0 Å². The van der Waals surface area contributed by atoms with Crippen molar-refractivity contribution in [3.05, 3.63) is 0 Å². The van der Waals surface area contributed by atoms with Crippen LogP contribution in [0.25, 0.3) is 0 Å².